The average molecular weight is 213 g/mol. The monoisotopic (exact) mass is 213 g/mol. The molecule has 0 aromatic carbocycles. The van der Waals surface area contributed by atoms with Gasteiger partial charge in [0.15, 0.2) is 0 Å². The van der Waals surface area contributed by atoms with Crippen molar-refractivity contribution in [3.8, 4) is 0 Å². The van der Waals surface area contributed by atoms with Crippen molar-refractivity contribution in [3.63, 3.8) is 0 Å². The van der Waals surface area contributed by atoms with E-state index in [0.29, 0.717) is 6.54 Å². The Morgan fingerprint density at radius 3 is 2.86 bits per heavy atom. The fourth-order valence-electron chi connectivity index (χ4n) is 1.12. The van der Waals surface area contributed by atoms with Crippen molar-refractivity contribution in [2.45, 2.75) is 26.4 Å². The first kappa shape index (κ1) is 11.1. The largest absolute Gasteiger partial charge is 0.339 e. The van der Waals surface area contributed by atoms with Crippen LogP contribution in [0.5, 0.6) is 0 Å². The van der Waals surface area contributed by atoms with Crippen LogP contribution in [0.15, 0.2) is 5.51 Å². The molecule has 1 aromatic heterocycles. The maximum Gasteiger partial charge on any atom is 0.239 e. The van der Waals surface area contributed by atoms with Crippen LogP contribution in [0, 0.1) is 6.92 Å². The molecule has 1 aromatic rings. The van der Waals surface area contributed by atoms with Crippen molar-refractivity contribution in [3.05, 3.63) is 16.1 Å². The van der Waals surface area contributed by atoms with E-state index in [0.717, 1.165) is 10.6 Å². The van der Waals surface area contributed by atoms with Crippen LogP contribution in [0.1, 0.15) is 17.5 Å². The van der Waals surface area contributed by atoms with Crippen LogP contribution >= 0.6 is 11.3 Å². The van der Waals surface area contributed by atoms with Gasteiger partial charge in [-0.25, -0.2) is 4.98 Å². The third-order valence-corrected chi connectivity index (χ3v) is 2.91. The van der Waals surface area contributed by atoms with Crippen molar-refractivity contribution >= 4 is 17.2 Å². The molecule has 1 atom stereocenters. The van der Waals surface area contributed by atoms with Gasteiger partial charge in [-0.2, -0.15) is 0 Å². The Morgan fingerprint density at radius 2 is 2.43 bits per heavy atom. The molecule has 1 rings (SSSR count). The first-order valence-corrected chi connectivity index (χ1v) is 5.30. The van der Waals surface area contributed by atoms with Gasteiger partial charge in [-0.3, -0.25) is 4.79 Å². The quantitative estimate of drug-likeness (QED) is 0.806. The number of nitrogens with two attached hydrogens (primary N) is 1. The molecule has 0 spiro atoms. The van der Waals surface area contributed by atoms with Gasteiger partial charge in [-0.15, -0.1) is 11.3 Å². The molecule has 0 radical (unpaired) electrons. The zero-order valence-electron chi connectivity index (χ0n) is 8.65. The van der Waals surface area contributed by atoms with Crippen LogP contribution in [0.4, 0.5) is 0 Å². The minimum Gasteiger partial charge on any atom is -0.339 e. The number of hydrogen-bond donors (Lipinski definition) is 1. The van der Waals surface area contributed by atoms with Gasteiger partial charge in [0, 0.05) is 11.9 Å². The number of aryl methyl sites for hydroxylation is 1. The SMILES string of the molecule is Cc1ncsc1CN(C)C(=O)C(C)N. The summed E-state index contributed by atoms with van der Waals surface area (Å²) in [6, 6.07) is -0.437. The second kappa shape index (κ2) is 4.52. The highest BCUT2D eigenvalue weighted by molar-refractivity contribution is 7.09. The predicted octanol–water partition coefficient (Wildman–Crippen LogP) is 0.757. The van der Waals surface area contributed by atoms with E-state index < -0.39 is 6.04 Å². The van der Waals surface area contributed by atoms with E-state index >= 15 is 0 Å². The van der Waals surface area contributed by atoms with E-state index in [1.165, 1.54) is 0 Å². The highest BCUT2D eigenvalue weighted by Crippen LogP contribution is 2.14. The minimum atomic E-state index is -0.437. The molecule has 2 N–H and O–H groups in total. The second-order valence-corrected chi connectivity index (χ2v) is 4.28. The lowest BCUT2D eigenvalue weighted by atomic mass is 10.3. The Kier molecular flexibility index (Phi) is 3.60. The average Bonchev–Trinajstić information content (AvgIpc) is 2.50. The predicted molar refractivity (Wildman–Crippen MR) is 57.0 cm³/mol. The molecule has 0 fully saturated rings. The third kappa shape index (κ3) is 2.52. The smallest absolute Gasteiger partial charge is 0.239 e. The van der Waals surface area contributed by atoms with Crippen LogP contribution in [-0.2, 0) is 11.3 Å². The van der Waals surface area contributed by atoms with E-state index in [2.05, 4.69) is 4.98 Å². The zero-order chi connectivity index (χ0) is 10.7. The van der Waals surface area contributed by atoms with E-state index in [1.807, 2.05) is 6.92 Å². The summed E-state index contributed by atoms with van der Waals surface area (Å²) in [4.78, 5) is 18.3. The van der Waals surface area contributed by atoms with Crippen LogP contribution < -0.4 is 5.73 Å². The molecule has 78 valence electrons. The zero-order valence-corrected chi connectivity index (χ0v) is 9.47. The normalized spacial score (nSPS) is 12.6. The molecule has 1 amide bonds. The topological polar surface area (TPSA) is 59.2 Å². The number of thiazole rings is 1. The molecule has 0 saturated carbocycles. The van der Waals surface area contributed by atoms with Gasteiger partial charge in [-0.1, -0.05) is 0 Å². The molecule has 4 nitrogen and oxygen atoms in total. The number of rotatable bonds is 3. The molecule has 0 aliphatic carbocycles. The summed E-state index contributed by atoms with van der Waals surface area (Å²) >= 11 is 1.56. The lowest BCUT2D eigenvalue weighted by Crippen LogP contribution is -2.39. The van der Waals surface area contributed by atoms with Crippen LogP contribution in [0.3, 0.4) is 0 Å². The van der Waals surface area contributed by atoms with Crippen molar-refractivity contribution in [1.82, 2.24) is 9.88 Å². The summed E-state index contributed by atoms with van der Waals surface area (Å²) in [5.41, 5.74) is 8.27. The summed E-state index contributed by atoms with van der Waals surface area (Å²) in [6.07, 6.45) is 0. The molecule has 0 saturated heterocycles. The van der Waals surface area contributed by atoms with Crippen molar-refractivity contribution in [2.75, 3.05) is 7.05 Å². The van der Waals surface area contributed by atoms with Gasteiger partial charge in [0.05, 0.1) is 23.8 Å². The van der Waals surface area contributed by atoms with Gasteiger partial charge in [0.1, 0.15) is 0 Å². The number of nitrogens with zero attached hydrogens (tertiary/aromatic N) is 2. The number of carbonyl (C=O) groups is 1. The fourth-order valence-corrected chi connectivity index (χ4v) is 1.95. The molecule has 5 heteroatoms. The second-order valence-electron chi connectivity index (χ2n) is 3.34. The lowest BCUT2D eigenvalue weighted by molar-refractivity contribution is -0.131. The lowest BCUT2D eigenvalue weighted by Gasteiger charge is -2.18. The Morgan fingerprint density at radius 1 is 1.79 bits per heavy atom. The minimum absolute atomic E-state index is 0.0437. The molecule has 0 bridgehead atoms. The molecular formula is C9H15N3OS. The van der Waals surface area contributed by atoms with Crippen LogP contribution in [-0.4, -0.2) is 28.9 Å². The summed E-state index contributed by atoms with van der Waals surface area (Å²) in [5, 5.41) is 0. The summed E-state index contributed by atoms with van der Waals surface area (Å²) in [7, 11) is 1.75. The van der Waals surface area contributed by atoms with Crippen LogP contribution in [0.25, 0.3) is 0 Å². The summed E-state index contributed by atoms with van der Waals surface area (Å²) in [5.74, 6) is -0.0437. The summed E-state index contributed by atoms with van der Waals surface area (Å²) < 4.78 is 0. The molecule has 0 aliphatic heterocycles. The van der Waals surface area contributed by atoms with Gasteiger partial charge in [-0.05, 0) is 13.8 Å². The van der Waals surface area contributed by atoms with Crippen LogP contribution in [0.2, 0.25) is 0 Å². The molecule has 0 aliphatic rings. The molecular weight excluding hydrogens is 198 g/mol. The number of likely N-dealkylation sites (N-methyl/N-ethyl adjacent to an activating group) is 1. The Balaban J connectivity index is 2.62. The number of amides is 1. The third-order valence-electron chi connectivity index (χ3n) is 1.99. The molecule has 14 heavy (non-hydrogen) atoms. The molecule has 1 unspecified atom stereocenters. The first-order valence-electron chi connectivity index (χ1n) is 4.42. The van der Waals surface area contributed by atoms with E-state index in [1.54, 1.807) is 35.7 Å². The highest BCUT2D eigenvalue weighted by Gasteiger charge is 2.14. The highest BCUT2D eigenvalue weighted by atomic mass is 32.1. The Bertz CT molecular complexity index is 322. The van der Waals surface area contributed by atoms with E-state index in [9.17, 15) is 4.79 Å². The number of hydrogen-bond acceptors (Lipinski definition) is 4. The van der Waals surface area contributed by atoms with E-state index in [-0.39, 0.29) is 5.91 Å². The Hall–Kier alpha value is -0.940. The van der Waals surface area contributed by atoms with Gasteiger partial charge in [0.2, 0.25) is 5.91 Å². The van der Waals surface area contributed by atoms with Gasteiger partial charge in [0.25, 0.3) is 0 Å². The molecule has 1 heterocycles. The van der Waals surface area contributed by atoms with Crippen molar-refractivity contribution in [1.29, 1.82) is 0 Å². The maximum atomic E-state index is 11.5. The fraction of sp³-hybridized carbons (Fsp3) is 0.556. The number of carbonyl (C=O) groups excluding carboxylic acids is 1. The Labute approximate surface area is 87.7 Å². The van der Waals surface area contributed by atoms with E-state index in [4.69, 9.17) is 5.73 Å². The number of aromatic nitrogens is 1. The summed E-state index contributed by atoms with van der Waals surface area (Å²) in [6.45, 7) is 4.23. The maximum absolute atomic E-state index is 11.5. The first-order chi connectivity index (χ1) is 6.52. The van der Waals surface area contributed by atoms with Crippen molar-refractivity contribution in [2.24, 2.45) is 5.73 Å². The standard InChI is InChI=1S/C9H15N3OS/c1-6(10)9(13)12(3)4-8-7(2)11-5-14-8/h5-6H,4,10H2,1-3H3. The van der Waals surface area contributed by atoms with Gasteiger partial charge >= 0.3 is 0 Å². The van der Waals surface area contributed by atoms with Crippen molar-refractivity contribution < 1.29 is 4.79 Å². The van der Waals surface area contributed by atoms with Gasteiger partial charge < -0.3 is 10.6 Å².